The molecular weight excluding hydrogens is 343 g/mol. The lowest BCUT2D eigenvalue weighted by Gasteiger charge is -2.37. The maximum absolute atomic E-state index is 15.1. The summed E-state index contributed by atoms with van der Waals surface area (Å²) >= 11 is 1.58. The number of halogens is 1. The number of alkyl halides is 1. The maximum Gasteiger partial charge on any atom is 0.225 e. The van der Waals surface area contributed by atoms with Crippen LogP contribution in [0, 0.1) is 5.92 Å². The Morgan fingerprint density at radius 2 is 2.28 bits per heavy atom. The molecule has 0 spiro atoms. The van der Waals surface area contributed by atoms with E-state index in [4.69, 9.17) is 4.74 Å². The van der Waals surface area contributed by atoms with E-state index in [0.29, 0.717) is 39.1 Å². The van der Waals surface area contributed by atoms with Crippen molar-refractivity contribution >= 4 is 33.3 Å². The van der Waals surface area contributed by atoms with Crippen molar-refractivity contribution in [2.45, 2.75) is 24.9 Å². The number of piperidine rings is 1. The third-order valence-electron chi connectivity index (χ3n) is 5.08. The molecule has 0 bridgehead atoms. The van der Waals surface area contributed by atoms with E-state index >= 15 is 4.39 Å². The number of carbonyl (C=O) groups excluding carboxylic acids is 1. The van der Waals surface area contributed by atoms with Crippen molar-refractivity contribution in [2.24, 2.45) is 5.92 Å². The van der Waals surface area contributed by atoms with Gasteiger partial charge in [-0.05, 0) is 17.9 Å². The van der Waals surface area contributed by atoms with Gasteiger partial charge in [0.05, 0.1) is 24.5 Å². The number of amides is 1. The third kappa shape index (κ3) is 3.46. The molecular formula is C17H21FN4O2S. The van der Waals surface area contributed by atoms with Crippen molar-refractivity contribution in [1.82, 2.24) is 15.3 Å². The molecule has 4 rings (SSSR count). The van der Waals surface area contributed by atoms with Crippen LogP contribution in [0.5, 0.6) is 0 Å². The standard InChI is InChI=1S/C17H21FN4O2S/c18-17(10-19-15(23)12-1-7-24-9-12)3-5-22(6-4-17)14-13-2-8-25-16(13)21-11-20-14/h2,8,11-12H,1,3-7,9-10H2,(H,19,23). The molecule has 6 nitrogen and oxygen atoms in total. The molecule has 25 heavy (non-hydrogen) atoms. The fraction of sp³-hybridized carbons (Fsp3) is 0.588. The Morgan fingerprint density at radius 3 is 3.04 bits per heavy atom. The van der Waals surface area contributed by atoms with Crippen LogP contribution in [0.2, 0.25) is 0 Å². The van der Waals surface area contributed by atoms with Crippen molar-refractivity contribution in [2.75, 3.05) is 37.7 Å². The summed E-state index contributed by atoms with van der Waals surface area (Å²) in [5.41, 5.74) is -1.35. The van der Waals surface area contributed by atoms with Crippen LogP contribution in [0.4, 0.5) is 10.2 Å². The van der Waals surface area contributed by atoms with Crippen LogP contribution in [-0.2, 0) is 9.53 Å². The second-order valence-corrected chi connectivity index (χ2v) is 7.65. The van der Waals surface area contributed by atoms with Gasteiger partial charge in [0.15, 0.2) is 0 Å². The van der Waals surface area contributed by atoms with Crippen LogP contribution >= 0.6 is 11.3 Å². The first-order chi connectivity index (χ1) is 12.1. The molecule has 2 saturated heterocycles. The van der Waals surface area contributed by atoms with Gasteiger partial charge in [0.2, 0.25) is 5.91 Å². The SMILES string of the molecule is O=C(NCC1(F)CCN(c2ncnc3sccc23)CC1)C1CCOC1. The Hall–Kier alpha value is -1.80. The molecule has 2 aromatic rings. The van der Waals surface area contributed by atoms with E-state index in [1.54, 1.807) is 17.7 Å². The highest BCUT2D eigenvalue weighted by Gasteiger charge is 2.36. The van der Waals surface area contributed by atoms with E-state index in [2.05, 4.69) is 20.2 Å². The highest BCUT2D eigenvalue weighted by molar-refractivity contribution is 7.16. The van der Waals surface area contributed by atoms with E-state index in [9.17, 15) is 4.79 Å². The fourth-order valence-corrected chi connectivity index (χ4v) is 4.18. The second-order valence-electron chi connectivity index (χ2n) is 6.75. The average Bonchev–Trinajstić information content (AvgIpc) is 3.31. The van der Waals surface area contributed by atoms with Gasteiger partial charge in [0.1, 0.15) is 22.6 Å². The van der Waals surface area contributed by atoms with Crippen molar-refractivity contribution in [3.8, 4) is 0 Å². The van der Waals surface area contributed by atoms with Crippen LogP contribution in [0.15, 0.2) is 17.8 Å². The highest BCUT2D eigenvalue weighted by Crippen LogP contribution is 2.32. The van der Waals surface area contributed by atoms with E-state index in [1.807, 2.05) is 11.4 Å². The molecule has 134 valence electrons. The van der Waals surface area contributed by atoms with Crippen LogP contribution in [-0.4, -0.2) is 54.4 Å². The van der Waals surface area contributed by atoms with Crippen LogP contribution in [0.25, 0.3) is 10.2 Å². The van der Waals surface area contributed by atoms with Crippen LogP contribution in [0.1, 0.15) is 19.3 Å². The Labute approximate surface area is 149 Å². The number of thiophene rings is 1. The predicted molar refractivity (Wildman–Crippen MR) is 94.6 cm³/mol. The summed E-state index contributed by atoms with van der Waals surface area (Å²) < 4.78 is 20.3. The summed E-state index contributed by atoms with van der Waals surface area (Å²) in [5, 5.41) is 5.79. The zero-order valence-electron chi connectivity index (χ0n) is 13.9. The Bertz CT molecular complexity index is 754. The first-order valence-electron chi connectivity index (χ1n) is 8.62. The zero-order chi connectivity index (χ0) is 17.3. The minimum Gasteiger partial charge on any atom is -0.381 e. The van der Waals surface area contributed by atoms with Gasteiger partial charge in [-0.2, -0.15) is 0 Å². The minimum atomic E-state index is -1.35. The number of fused-ring (bicyclic) bond motifs is 1. The van der Waals surface area contributed by atoms with E-state index < -0.39 is 5.67 Å². The van der Waals surface area contributed by atoms with Gasteiger partial charge in [-0.15, -0.1) is 11.3 Å². The van der Waals surface area contributed by atoms with Gasteiger partial charge in [-0.25, -0.2) is 14.4 Å². The van der Waals surface area contributed by atoms with Crippen LogP contribution < -0.4 is 10.2 Å². The normalized spacial score (nSPS) is 23.1. The second kappa shape index (κ2) is 6.84. The number of rotatable bonds is 4. The lowest BCUT2D eigenvalue weighted by atomic mass is 9.92. The summed E-state index contributed by atoms with van der Waals surface area (Å²) in [6, 6.07) is 2.01. The maximum atomic E-state index is 15.1. The smallest absolute Gasteiger partial charge is 0.225 e. The largest absolute Gasteiger partial charge is 0.381 e. The third-order valence-corrected chi connectivity index (χ3v) is 5.90. The topological polar surface area (TPSA) is 67.4 Å². The van der Waals surface area contributed by atoms with Gasteiger partial charge in [-0.3, -0.25) is 4.79 Å². The van der Waals surface area contributed by atoms with E-state index in [-0.39, 0.29) is 18.4 Å². The molecule has 2 fully saturated rings. The molecule has 2 aromatic heterocycles. The number of hydrogen-bond acceptors (Lipinski definition) is 6. The average molecular weight is 364 g/mol. The minimum absolute atomic E-state index is 0.0772. The number of hydrogen-bond donors (Lipinski definition) is 1. The molecule has 1 amide bonds. The quantitative estimate of drug-likeness (QED) is 0.900. The molecule has 2 aliphatic rings. The number of aromatic nitrogens is 2. The van der Waals surface area contributed by atoms with E-state index in [0.717, 1.165) is 22.5 Å². The molecule has 1 unspecified atom stereocenters. The van der Waals surface area contributed by atoms with Gasteiger partial charge >= 0.3 is 0 Å². The molecule has 0 aromatic carbocycles. The monoisotopic (exact) mass is 364 g/mol. The summed E-state index contributed by atoms with van der Waals surface area (Å²) in [4.78, 5) is 23.8. The van der Waals surface area contributed by atoms with Crippen molar-refractivity contribution in [3.63, 3.8) is 0 Å². The summed E-state index contributed by atoms with van der Waals surface area (Å²) in [5.74, 6) is 0.657. The van der Waals surface area contributed by atoms with Crippen molar-refractivity contribution < 1.29 is 13.9 Å². The molecule has 4 heterocycles. The summed E-state index contributed by atoms with van der Waals surface area (Å²) in [6.07, 6.45) is 3.05. The number of carbonyl (C=O) groups is 1. The first kappa shape index (κ1) is 16.7. The predicted octanol–water partition coefficient (Wildman–Crippen LogP) is 2.15. The molecule has 0 saturated carbocycles. The lowest BCUT2D eigenvalue weighted by Crippen LogP contribution is -2.49. The van der Waals surface area contributed by atoms with Crippen molar-refractivity contribution in [3.05, 3.63) is 17.8 Å². The zero-order valence-corrected chi connectivity index (χ0v) is 14.7. The highest BCUT2D eigenvalue weighted by atomic mass is 32.1. The van der Waals surface area contributed by atoms with Gasteiger partial charge in [0.25, 0.3) is 0 Å². The number of anilines is 1. The number of nitrogens with zero attached hydrogens (tertiary/aromatic N) is 3. The first-order valence-corrected chi connectivity index (χ1v) is 9.50. The van der Waals surface area contributed by atoms with Crippen LogP contribution in [0.3, 0.4) is 0 Å². The molecule has 2 aliphatic heterocycles. The summed E-state index contributed by atoms with van der Waals surface area (Å²) in [7, 11) is 0. The Kier molecular flexibility index (Phi) is 4.56. The lowest BCUT2D eigenvalue weighted by molar-refractivity contribution is -0.125. The number of nitrogens with one attached hydrogen (secondary N) is 1. The number of ether oxygens (including phenoxy) is 1. The fourth-order valence-electron chi connectivity index (χ4n) is 3.46. The van der Waals surface area contributed by atoms with E-state index in [1.165, 1.54) is 0 Å². The summed E-state index contributed by atoms with van der Waals surface area (Å²) in [6.45, 7) is 2.31. The molecule has 1 atom stereocenters. The molecule has 1 N–H and O–H groups in total. The Balaban J connectivity index is 1.35. The molecule has 0 radical (unpaired) electrons. The van der Waals surface area contributed by atoms with Gasteiger partial charge < -0.3 is 15.0 Å². The van der Waals surface area contributed by atoms with Gasteiger partial charge in [0, 0.05) is 32.5 Å². The van der Waals surface area contributed by atoms with Crippen molar-refractivity contribution in [1.29, 1.82) is 0 Å². The molecule has 0 aliphatic carbocycles. The molecule has 8 heteroatoms. The van der Waals surface area contributed by atoms with Gasteiger partial charge in [-0.1, -0.05) is 0 Å². The Morgan fingerprint density at radius 1 is 1.44 bits per heavy atom.